The second kappa shape index (κ2) is 11.2. The van der Waals surface area contributed by atoms with Gasteiger partial charge < -0.3 is 9.64 Å². The zero-order chi connectivity index (χ0) is 30.4. The monoisotopic (exact) mass is 570 g/mol. The van der Waals surface area contributed by atoms with Crippen molar-refractivity contribution in [2.24, 2.45) is 5.41 Å². The Labute approximate surface area is 241 Å². The van der Waals surface area contributed by atoms with Crippen LogP contribution in [0.25, 0.3) is 5.57 Å². The number of hydrogen-bond acceptors (Lipinski definition) is 3. The highest BCUT2D eigenvalue weighted by molar-refractivity contribution is 5.95. The van der Waals surface area contributed by atoms with E-state index in [-0.39, 0.29) is 11.3 Å². The first-order valence-electron chi connectivity index (χ1n) is 14.2. The van der Waals surface area contributed by atoms with E-state index in [1.54, 1.807) is 29.8 Å². The molecule has 0 N–H and O–H groups in total. The number of alkyl halides is 3. The summed E-state index contributed by atoms with van der Waals surface area (Å²) >= 11 is 0. The normalized spacial score (nSPS) is 21.0. The third-order valence-electron chi connectivity index (χ3n) is 8.53. The fraction of sp³-hybridized carbons (Fsp3) is 0.515. The molecular weight excluding hydrogens is 529 g/mol. The summed E-state index contributed by atoms with van der Waals surface area (Å²) in [4.78, 5) is 28.9. The molecule has 2 aromatic carbocycles. The summed E-state index contributed by atoms with van der Waals surface area (Å²) in [5, 5.41) is 0. The van der Waals surface area contributed by atoms with Gasteiger partial charge in [0.2, 0.25) is 5.91 Å². The minimum absolute atomic E-state index is 0.00551. The Hall–Kier alpha value is -3.29. The summed E-state index contributed by atoms with van der Waals surface area (Å²) in [6.07, 6.45) is -3.35. The fourth-order valence-corrected chi connectivity index (χ4v) is 6.01. The molecule has 0 spiro atoms. The van der Waals surface area contributed by atoms with Crippen LogP contribution in [0.4, 0.5) is 23.7 Å². The summed E-state index contributed by atoms with van der Waals surface area (Å²) in [5.41, 5.74) is 5.24. The maximum Gasteiger partial charge on any atom is 0.416 e. The number of cyclic esters (lactones) is 1. The van der Waals surface area contributed by atoms with E-state index in [4.69, 9.17) is 4.74 Å². The number of aryl methyl sites for hydroxylation is 1. The number of hydrogen-bond donors (Lipinski definition) is 0. The number of carbonyl (C=O) groups excluding carboxylic acids is 2. The van der Waals surface area contributed by atoms with Crippen molar-refractivity contribution in [1.29, 1.82) is 0 Å². The van der Waals surface area contributed by atoms with Crippen LogP contribution in [0.3, 0.4) is 0 Å². The second-order valence-electron chi connectivity index (χ2n) is 12.7. The highest BCUT2D eigenvalue weighted by atomic mass is 19.4. The Morgan fingerprint density at radius 1 is 1.17 bits per heavy atom. The summed E-state index contributed by atoms with van der Waals surface area (Å²) < 4.78 is 46.3. The van der Waals surface area contributed by atoms with Gasteiger partial charge in [0.1, 0.15) is 6.10 Å². The number of amides is 2. The van der Waals surface area contributed by atoms with Gasteiger partial charge in [0.05, 0.1) is 17.3 Å². The number of ether oxygens (including phenoxy) is 1. The average molecular weight is 571 g/mol. The van der Waals surface area contributed by atoms with Crippen LogP contribution in [0.2, 0.25) is 0 Å². The topological polar surface area (TPSA) is 49.9 Å². The van der Waals surface area contributed by atoms with Gasteiger partial charge >= 0.3 is 12.3 Å². The third kappa shape index (κ3) is 6.47. The van der Waals surface area contributed by atoms with Gasteiger partial charge in [-0.1, -0.05) is 45.4 Å². The fourth-order valence-electron chi connectivity index (χ4n) is 6.01. The van der Waals surface area contributed by atoms with Gasteiger partial charge in [0, 0.05) is 26.1 Å². The van der Waals surface area contributed by atoms with Crippen LogP contribution in [0, 0.1) is 12.3 Å². The van der Waals surface area contributed by atoms with E-state index in [2.05, 4.69) is 39.8 Å². The molecule has 1 heterocycles. The lowest BCUT2D eigenvalue weighted by molar-refractivity contribution is -0.137. The SMILES string of the molecule is CC(=O)N(C)c1ccc(C(C)C)cc1C1=C(CN2C(=O)O[C@H](c3cc(C)cc(C(F)(F)F)c3)[C@@H]2C)CC(C)(C)CC1. The van der Waals surface area contributed by atoms with Crippen molar-refractivity contribution in [3.05, 3.63) is 69.8 Å². The zero-order valence-corrected chi connectivity index (χ0v) is 25.3. The first-order valence-corrected chi connectivity index (χ1v) is 14.2. The first-order chi connectivity index (χ1) is 19.0. The maximum atomic E-state index is 13.5. The molecule has 0 bridgehead atoms. The van der Waals surface area contributed by atoms with Crippen molar-refractivity contribution < 1.29 is 27.5 Å². The molecule has 5 nitrogen and oxygen atoms in total. The molecule has 0 unspecified atom stereocenters. The van der Waals surface area contributed by atoms with E-state index in [1.807, 2.05) is 13.0 Å². The summed E-state index contributed by atoms with van der Waals surface area (Å²) in [6.45, 7) is 14.0. The first kappa shape index (κ1) is 30.7. The molecule has 222 valence electrons. The Balaban J connectivity index is 1.77. The van der Waals surface area contributed by atoms with Gasteiger partial charge in [-0.3, -0.25) is 9.69 Å². The minimum atomic E-state index is -4.49. The van der Waals surface area contributed by atoms with Gasteiger partial charge in [-0.15, -0.1) is 0 Å². The van der Waals surface area contributed by atoms with E-state index in [0.717, 1.165) is 59.4 Å². The van der Waals surface area contributed by atoms with E-state index < -0.39 is 30.0 Å². The zero-order valence-electron chi connectivity index (χ0n) is 25.3. The molecule has 0 saturated carbocycles. The minimum Gasteiger partial charge on any atom is -0.439 e. The van der Waals surface area contributed by atoms with Gasteiger partial charge in [-0.2, -0.15) is 13.2 Å². The molecule has 41 heavy (non-hydrogen) atoms. The number of benzene rings is 2. The van der Waals surface area contributed by atoms with Crippen molar-refractivity contribution in [3.63, 3.8) is 0 Å². The Kier molecular flexibility index (Phi) is 8.36. The van der Waals surface area contributed by atoms with Gasteiger partial charge in [0.25, 0.3) is 0 Å². The highest BCUT2D eigenvalue weighted by Gasteiger charge is 2.42. The standard InChI is InChI=1S/C33H41F3N2O3/c1-19(2)23-9-10-29(37(8)22(5)39)28(16-23)27-11-12-32(6,7)17-25(27)18-38-21(4)30(41-31(38)40)24-13-20(3)14-26(15-24)33(34,35)36/h9-10,13-16,19,21,30H,11-12,17-18H2,1-8H3/t21-,30-/m0/s1. The molecular formula is C33H41F3N2O3. The second-order valence-corrected chi connectivity index (χ2v) is 12.7. The molecule has 1 fully saturated rings. The maximum absolute atomic E-state index is 13.5. The molecule has 2 amide bonds. The number of halogens is 3. The molecule has 8 heteroatoms. The highest BCUT2D eigenvalue weighted by Crippen LogP contribution is 2.46. The van der Waals surface area contributed by atoms with Crippen LogP contribution in [0.5, 0.6) is 0 Å². The van der Waals surface area contributed by atoms with Crippen molar-refractivity contribution >= 4 is 23.3 Å². The van der Waals surface area contributed by atoms with Crippen LogP contribution in [0.15, 0.2) is 42.0 Å². The quantitative estimate of drug-likeness (QED) is 0.349. The lowest BCUT2D eigenvalue weighted by Gasteiger charge is -2.36. The molecule has 2 atom stereocenters. The van der Waals surface area contributed by atoms with E-state index in [9.17, 15) is 22.8 Å². The largest absolute Gasteiger partial charge is 0.439 e. The van der Waals surface area contributed by atoms with Gasteiger partial charge in [0.15, 0.2) is 0 Å². The van der Waals surface area contributed by atoms with Crippen molar-refractivity contribution in [3.8, 4) is 0 Å². The number of rotatable bonds is 6. The molecule has 2 aliphatic rings. The van der Waals surface area contributed by atoms with E-state index >= 15 is 0 Å². The third-order valence-corrected chi connectivity index (χ3v) is 8.53. The molecule has 1 aliphatic carbocycles. The van der Waals surface area contributed by atoms with Gasteiger partial charge in [-0.05, 0) is 91.0 Å². The molecule has 0 radical (unpaired) electrons. The lowest BCUT2D eigenvalue weighted by Crippen LogP contribution is -2.36. The number of nitrogens with zero attached hydrogens (tertiary/aromatic N) is 2. The number of allylic oxidation sites excluding steroid dienone is 1. The van der Waals surface area contributed by atoms with Crippen molar-refractivity contribution in [2.45, 2.75) is 92.0 Å². The van der Waals surface area contributed by atoms with Crippen molar-refractivity contribution in [1.82, 2.24) is 4.90 Å². The van der Waals surface area contributed by atoms with Crippen LogP contribution >= 0.6 is 0 Å². The van der Waals surface area contributed by atoms with E-state index in [1.165, 1.54) is 6.92 Å². The molecule has 0 aromatic heterocycles. The Morgan fingerprint density at radius 3 is 2.46 bits per heavy atom. The smallest absolute Gasteiger partial charge is 0.416 e. The molecule has 1 aliphatic heterocycles. The average Bonchev–Trinajstić information content (AvgIpc) is 3.15. The van der Waals surface area contributed by atoms with Crippen LogP contribution < -0.4 is 4.90 Å². The summed E-state index contributed by atoms with van der Waals surface area (Å²) in [5.74, 6) is 0.220. The molecule has 2 aromatic rings. The number of carbonyl (C=O) groups is 2. The van der Waals surface area contributed by atoms with E-state index in [0.29, 0.717) is 23.6 Å². The van der Waals surface area contributed by atoms with Crippen LogP contribution in [-0.4, -0.2) is 36.5 Å². The predicted octanol–water partition coefficient (Wildman–Crippen LogP) is 8.67. The van der Waals surface area contributed by atoms with Crippen molar-refractivity contribution in [2.75, 3.05) is 18.5 Å². The summed E-state index contributed by atoms with van der Waals surface area (Å²) in [7, 11) is 1.77. The molecule has 4 rings (SSSR count). The van der Waals surface area contributed by atoms with Crippen LogP contribution in [-0.2, 0) is 15.7 Å². The predicted molar refractivity (Wildman–Crippen MR) is 156 cm³/mol. The Morgan fingerprint density at radius 2 is 1.85 bits per heavy atom. The lowest BCUT2D eigenvalue weighted by atomic mass is 9.72. The summed E-state index contributed by atoms with van der Waals surface area (Å²) in [6, 6.07) is 9.58. The molecule has 1 saturated heterocycles. The number of anilines is 1. The Bertz CT molecular complexity index is 1380. The van der Waals surface area contributed by atoms with Crippen LogP contribution in [0.1, 0.15) is 101 Å². The van der Waals surface area contributed by atoms with Gasteiger partial charge in [-0.25, -0.2) is 4.79 Å².